The van der Waals surface area contributed by atoms with Gasteiger partial charge in [0.2, 0.25) is 0 Å². The molecule has 0 aliphatic rings. The minimum atomic E-state index is -4.70. The summed E-state index contributed by atoms with van der Waals surface area (Å²) in [5, 5.41) is 0.238. The summed E-state index contributed by atoms with van der Waals surface area (Å²) in [4.78, 5) is 12.4. The fourth-order valence-electron chi connectivity index (χ4n) is 2.89. The molecule has 9 heteroatoms. The van der Waals surface area contributed by atoms with Crippen LogP contribution in [0.3, 0.4) is 0 Å². The lowest BCUT2D eigenvalue weighted by Gasteiger charge is -2.13. The lowest BCUT2D eigenvalue weighted by atomic mass is 10.0. The molecule has 2 aromatic heterocycles. The summed E-state index contributed by atoms with van der Waals surface area (Å²) in [6.07, 6.45) is -4.02. The zero-order valence-corrected chi connectivity index (χ0v) is 16.5. The Morgan fingerprint density at radius 3 is 2.56 bits per heavy atom. The van der Waals surface area contributed by atoms with Crippen LogP contribution in [0.15, 0.2) is 33.5 Å². The van der Waals surface area contributed by atoms with E-state index in [9.17, 15) is 22.4 Å². The number of pyridine rings is 1. The largest absolute Gasteiger partial charge is 0.458 e. The lowest BCUT2D eigenvalue weighted by Crippen LogP contribution is -2.26. The summed E-state index contributed by atoms with van der Waals surface area (Å²) in [5.74, 6) is -0.343. The number of nitrogens with zero attached hydrogens (tertiary/aromatic N) is 1. The van der Waals surface area contributed by atoms with Crippen LogP contribution in [0.25, 0.3) is 22.1 Å². The predicted molar refractivity (Wildman–Crippen MR) is 98.8 cm³/mol. The molecule has 0 spiro atoms. The number of alkyl halides is 4. The van der Waals surface area contributed by atoms with Gasteiger partial charge in [-0.1, -0.05) is 34.5 Å². The van der Waals surface area contributed by atoms with Crippen molar-refractivity contribution in [2.75, 3.05) is 0 Å². The quantitative estimate of drug-likeness (QED) is 0.328. The summed E-state index contributed by atoms with van der Waals surface area (Å²) in [5.41, 5.74) is -2.28. The summed E-state index contributed by atoms with van der Waals surface area (Å²) in [7, 11) is 0.992. The molecule has 1 atom stereocenters. The van der Waals surface area contributed by atoms with E-state index in [0.29, 0.717) is 16.7 Å². The van der Waals surface area contributed by atoms with Crippen molar-refractivity contribution in [1.82, 2.24) is 4.57 Å². The van der Waals surface area contributed by atoms with Crippen LogP contribution in [0.4, 0.5) is 17.6 Å². The molecule has 0 amide bonds. The van der Waals surface area contributed by atoms with Crippen molar-refractivity contribution >= 4 is 38.5 Å². The molecule has 3 aromatic rings. The Bertz CT molecular complexity index is 1090. The zero-order valence-electron chi connectivity index (χ0n) is 14.1. The van der Waals surface area contributed by atoms with Gasteiger partial charge in [0.25, 0.3) is 5.56 Å². The zero-order chi connectivity index (χ0) is 20.1. The van der Waals surface area contributed by atoms with Gasteiger partial charge in [-0.3, -0.25) is 4.79 Å². The van der Waals surface area contributed by atoms with E-state index < -0.39 is 23.2 Å². The number of fused-ring (bicyclic) bond motifs is 1. The summed E-state index contributed by atoms with van der Waals surface area (Å²) >= 11 is 9.48. The molecule has 0 bridgehead atoms. The van der Waals surface area contributed by atoms with E-state index >= 15 is 0 Å². The highest BCUT2D eigenvalue weighted by molar-refractivity contribution is 9.09. The predicted octanol–water partition coefficient (Wildman–Crippen LogP) is 6.46. The number of halogens is 6. The fraction of sp³-hybridized carbons (Fsp3) is 0.278. The minimum Gasteiger partial charge on any atom is -0.458 e. The van der Waals surface area contributed by atoms with Gasteiger partial charge in [-0.15, -0.1) is 0 Å². The van der Waals surface area contributed by atoms with Gasteiger partial charge in [-0.05, 0) is 30.7 Å². The second-order valence-electron chi connectivity index (χ2n) is 5.98. The topological polar surface area (TPSA) is 35.1 Å². The molecule has 0 saturated carbocycles. The number of hydrogen-bond donors (Lipinski definition) is 0. The second kappa shape index (κ2) is 6.98. The molecule has 1 aromatic carbocycles. The maximum atomic E-state index is 14.7. The third-order valence-corrected chi connectivity index (χ3v) is 5.64. The van der Waals surface area contributed by atoms with Gasteiger partial charge in [0.1, 0.15) is 17.3 Å². The Morgan fingerprint density at radius 1 is 1.30 bits per heavy atom. The number of benzene rings is 1. The van der Waals surface area contributed by atoms with Gasteiger partial charge in [0.05, 0.1) is 15.4 Å². The van der Waals surface area contributed by atoms with E-state index in [1.54, 1.807) is 6.07 Å². The van der Waals surface area contributed by atoms with Crippen LogP contribution >= 0.6 is 27.5 Å². The number of hydrogen-bond acceptors (Lipinski definition) is 2. The van der Waals surface area contributed by atoms with Crippen LogP contribution in [0.2, 0.25) is 5.02 Å². The molecule has 2 heterocycles. The van der Waals surface area contributed by atoms with Gasteiger partial charge in [-0.25, -0.2) is 4.39 Å². The Labute approximate surface area is 164 Å². The first-order chi connectivity index (χ1) is 12.6. The van der Waals surface area contributed by atoms with E-state index in [1.807, 2.05) is 6.92 Å². The molecule has 0 aliphatic heterocycles. The average Bonchev–Trinajstić information content (AvgIpc) is 3.02. The molecule has 1 unspecified atom stereocenters. The van der Waals surface area contributed by atoms with Crippen molar-refractivity contribution in [3.8, 4) is 11.1 Å². The highest BCUT2D eigenvalue weighted by Gasteiger charge is 2.34. The number of rotatable bonds is 3. The fourth-order valence-corrected chi connectivity index (χ4v) is 3.35. The van der Waals surface area contributed by atoms with Gasteiger partial charge in [0, 0.05) is 18.0 Å². The highest BCUT2D eigenvalue weighted by atomic mass is 79.9. The van der Waals surface area contributed by atoms with Crippen LogP contribution in [0.5, 0.6) is 0 Å². The summed E-state index contributed by atoms with van der Waals surface area (Å²) in [6.45, 7) is 1.90. The molecule has 3 rings (SSSR count). The first kappa shape index (κ1) is 19.9. The molecule has 0 N–H and O–H groups in total. The van der Waals surface area contributed by atoms with Crippen molar-refractivity contribution in [1.29, 1.82) is 0 Å². The molecule has 3 nitrogen and oxygen atoms in total. The molecule has 0 fully saturated rings. The Morgan fingerprint density at radius 2 is 1.96 bits per heavy atom. The Kier molecular flexibility index (Phi) is 5.16. The smallest absolute Gasteiger partial charge is 0.431 e. The monoisotopic (exact) mass is 465 g/mol. The molecular weight excluding hydrogens is 454 g/mol. The second-order valence-corrected chi connectivity index (χ2v) is 7.49. The van der Waals surface area contributed by atoms with E-state index in [2.05, 4.69) is 15.9 Å². The van der Waals surface area contributed by atoms with Crippen molar-refractivity contribution in [3.05, 3.63) is 56.9 Å². The molecule has 0 aliphatic carbocycles. The lowest BCUT2D eigenvalue weighted by molar-refractivity contribution is -0.143. The Hall–Kier alpha value is -1.80. The summed E-state index contributed by atoms with van der Waals surface area (Å²) < 4.78 is 59.9. The van der Waals surface area contributed by atoms with E-state index in [1.165, 1.54) is 0 Å². The third kappa shape index (κ3) is 3.40. The van der Waals surface area contributed by atoms with Crippen molar-refractivity contribution < 1.29 is 22.0 Å². The van der Waals surface area contributed by atoms with Crippen LogP contribution in [0, 0.1) is 5.82 Å². The van der Waals surface area contributed by atoms with Gasteiger partial charge in [0.15, 0.2) is 5.58 Å². The molecule has 0 radical (unpaired) electrons. The van der Waals surface area contributed by atoms with Gasteiger partial charge < -0.3 is 8.98 Å². The maximum Gasteiger partial charge on any atom is 0.431 e. The van der Waals surface area contributed by atoms with E-state index in [-0.39, 0.29) is 31.9 Å². The highest BCUT2D eigenvalue weighted by Crippen LogP contribution is 2.40. The minimum absolute atomic E-state index is 0.0111. The van der Waals surface area contributed by atoms with Crippen LogP contribution in [0.1, 0.15) is 29.6 Å². The molecule has 144 valence electrons. The van der Waals surface area contributed by atoms with Crippen LogP contribution in [-0.2, 0) is 13.2 Å². The number of aromatic nitrogens is 1. The third-order valence-electron chi connectivity index (χ3n) is 4.26. The maximum absolute atomic E-state index is 14.7. The van der Waals surface area contributed by atoms with Gasteiger partial charge >= 0.3 is 6.18 Å². The van der Waals surface area contributed by atoms with Crippen molar-refractivity contribution in [2.45, 2.75) is 24.3 Å². The first-order valence-corrected chi connectivity index (χ1v) is 9.18. The molecule has 0 saturated heterocycles. The standard InChI is InChI=1S/C18H13BrClF4NO2/c1-3-10(19)13-6-9-15(12(21)7-11(20)16(9)27-13)8-4-5-14(18(22,23)24)25(2)17(8)26/h4-7,10H,3H2,1-2H3. The normalized spacial score (nSPS) is 13.3. The summed E-state index contributed by atoms with van der Waals surface area (Å²) in [6, 6.07) is 4.24. The van der Waals surface area contributed by atoms with Crippen LogP contribution < -0.4 is 5.56 Å². The SMILES string of the molecule is CCC(Br)c1cc2c(-c3ccc(C(F)(F)F)n(C)c3=O)c(F)cc(Cl)c2o1. The Balaban J connectivity index is 2.34. The van der Waals surface area contributed by atoms with Gasteiger partial charge in [-0.2, -0.15) is 13.2 Å². The van der Waals surface area contributed by atoms with Crippen LogP contribution in [-0.4, -0.2) is 4.57 Å². The first-order valence-electron chi connectivity index (χ1n) is 7.89. The molecular formula is C18H13BrClF4NO2. The van der Waals surface area contributed by atoms with E-state index in [0.717, 1.165) is 25.2 Å². The van der Waals surface area contributed by atoms with E-state index in [4.69, 9.17) is 16.0 Å². The van der Waals surface area contributed by atoms with Crippen molar-refractivity contribution in [3.63, 3.8) is 0 Å². The number of furan rings is 1. The molecule has 27 heavy (non-hydrogen) atoms. The van der Waals surface area contributed by atoms with Crippen molar-refractivity contribution in [2.24, 2.45) is 7.05 Å². The average molecular weight is 467 g/mol.